The summed E-state index contributed by atoms with van der Waals surface area (Å²) in [5.41, 5.74) is -3.27. The lowest BCUT2D eigenvalue weighted by molar-refractivity contribution is -0.143. The van der Waals surface area contributed by atoms with Crippen molar-refractivity contribution in [3.63, 3.8) is 0 Å². The van der Waals surface area contributed by atoms with Gasteiger partial charge in [-0.05, 0) is 69.9 Å². The van der Waals surface area contributed by atoms with Gasteiger partial charge in [-0.15, -0.1) is 0 Å². The van der Waals surface area contributed by atoms with Gasteiger partial charge in [0, 0.05) is 13.6 Å². The highest BCUT2D eigenvalue weighted by atomic mass is 19.4. The molecule has 2 aromatic rings. The second-order valence-corrected chi connectivity index (χ2v) is 10.9. The SMILES string of the molecule is CC(c1cc(C(F)(F)F)cc(C(F)(F)F)c1)N(C)C(=O)N1CCC[C@H](NC(=O)OC(C)(C)C)[C@@H]1c1ccccc1. The van der Waals surface area contributed by atoms with E-state index in [1.165, 1.54) is 18.9 Å². The number of carbonyl (C=O) groups excluding carboxylic acids is 2. The molecular formula is C28H33F6N3O3. The fraction of sp³-hybridized carbons (Fsp3) is 0.500. The highest BCUT2D eigenvalue weighted by Crippen LogP contribution is 2.39. The third-order valence-electron chi connectivity index (χ3n) is 6.70. The summed E-state index contributed by atoms with van der Waals surface area (Å²) in [6.07, 6.45) is -9.67. The van der Waals surface area contributed by atoms with Crippen LogP contribution in [0.5, 0.6) is 0 Å². The van der Waals surface area contributed by atoms with Crippen LogP contribution >= 0.6 is 0 Å². The molecule has 0 aromatic heterocycles. The summed E-state index contributed by atoms with van der Waals surface area (Å²) in [7, 11) is 1.33. The van der Waals surface area contributed by atoms with E-state index in [0.29, 0.717) is 30.5 Å². The molecule has 6 nitrogen and oxygen atoms in total. The first-order valence-corrected chi connectivity index (χ1v) is 12.8. The Hall–Kier alpha value is -3.44. The van der Waals surface area contributed by atoms with Crippen molar-refractivity contribution in [1.82, 2.24) is 15.1 Å². The molecular weight excluding hydrogens is 540 g/mol. The molecule has 0 saturated carbocycles. The number of alkyl carbamates (subject to hydrolysis) is 1. The average molecular weight is 574 g/mol. The molecule has 1 aliphatic rings. The van der Waals surface area contributed by atoms with Crippen LogP contribution in [-0.2, 0) is 17.1 Å². The Morgan fingerprint density at radius 3 is 2.02 bits per heavy atom. The first-order chi connectivity index (χ1) is 18.4. The van der Waals surface area contributed by atoms with E-state index in [9.17, 15) is 35.9 Å². The van der Waals surface area contributed by atoms with Gasteiger partial charge in [-0.25, -0.2) is 9.59 Å². The fourth-order valence-electron chi connectivity index (χ4n) is 4.69. The van der Waals surface area contributed by atoms with Gasteiger partial charge in [-0.3, -0.25) is 0 Å². The Bertz CT molecular complexity index is 1160. The monoisotopic (exact) mass is 573 g/mol. The van der Waals surface area contributed by atoms with Gasteiger partial charge in [0.25, 0.3) is 0 Å². The maximum Gasteiger partial charge on any atom is 0.416 e. The summed E-state index contributed by atoms with van der Waals surface area (Å²) in [4.78, 5) is 29.0. The van der Waals surface area contributed by atoms with Crippen LogP contribution in [0, 0.1) is 0 Å². The Labute approximate surface area is 229 Å². The maximum atomic E-state index is 13.8. The molecule has 1 fully saturated rings. The minimum atomic E-state index is -5.01. The van der Waals surface area contributed by atoms with Crippen molar-refractivity contribution in [2.75, 3.05) is 13.6 Å². The predicted octanol–water partition coefficient (Wildman–Crippen LogP) is 7.57. The largest absolute Gasteiger partial charge is 0.444 e. The van der Waals surface area contributed by atoms with Crippen LogP contribution in [0.25, 0.3) is 0 Å². The Morgan fingerprint density at radius 1 is 0.975 bits per heavy atom. The second-order valence-electron chi connectivity index (χ2n) is 10.9. The van der Waals surface area contributed by atoms with Gasteiger partial charge in [0.2, 0.25) is 0 Å². The standard InChI is InChI=1S/C28H33F6N3O3/c1-17(19-14-20(27(29,30)31)16-21(15-19)28(32,33)34)36(5)25(39)37-13-9-12-22(35-24(38)40-26(2,3)4)23(37)18-10-7-6-8-11-18/h6-8,10-11,14-17,22-23H,9,12-13H2,1-5H3,(H,35,38)/t17?,22-,23-/m0/s1. The van der Waals surface area contributed by atoms with Crippen molar-refractivity contribution in [3.05, 3.63) is 70.8 Å². The van der Waals surface area contributed by atoms with Crippen molar-refractivity contribution in [1.29, 1.82) is 0 Å². The molecule has 1 aliphatic heterocycles. The van der Waals surface area contributed by atoms with E-state index in [4.69, 9.17) is 4.74 Å². The zero-order chi connectivity index (χ0) is 30.0. The van der Waals surface area contributed by atoms with E-state index in [1.807, 2.05) is 0 Å². The zero-order valence-corrected chi connectivity index (χ0v) is 22.9. The number of halogens is 6. The van der Waals surface area contributed by atoms with Gasteiger partial charge in [0.05, 0.1) is 29.3 Å². The molecule has 3 atom stereocenters. The first-order valence-electron chi connectivity index (χ1n) is 12.8. The van der Waals surface area contributed by atoms with E-state index in [1.54, 1.807) is 51.1 Å². The second kappa shape index (κ2) is 11.6. The molecule has 12 heteroatoms. The van der Waals surface area contributed by atoms with Gasteiger partial charge in [0.15, 0.2) is 0 Å². The molecule has 0 spiro atoms. The highest BCUT2D eigenvalue weighted by Gasteiger charge is 2.41. The van der Waals surface area contributed by atoms with E-state index < -0.39 is 59.3 Å². The highest BCUT2D eigenvalue weighted by molar-refractivity contribution is 5.76. The third-order valence-corrected chi connectivity index (χ3v) is 6.70. The minimum absolute atomic E-state index is 0.0566. The average Bonchev–Trinajstić information content (AvgIpc) is 2.85. The number of benzene rings is 2. The summed E-state index contributed by atoms with van der Waals surface area (Å²) in [6.45, 7) is 6.77. The number of ether oxygens (including phenoxy) is 1. The van der Waals surface area contributed by atoms with Gasteiger partial charge >= 0.3 is 24.5 Å². The number of carbonyl (C=O) groups is 2. The van der Waals surface area contributed by atoms with Crippen molar-refractivity contribution < 1.29 is 40.7 Å². The Balaban J connectivity index is 1.95. The number of hydrogen-bond donors (Lipinski definition) is 1. The molecule has 220 valence electrons. The number of rotatable bonds is 4. The summed E-state index contributed by atoms with van der Waals surface area (Å²) < 4.78 is 86.0. The molecule has 0 radical (unpaired) electrons. The predicted molar refractivity (Wildman–Crippen MR) is 136 cm³/mol. The van der Waals surface area contributed by atoms with Crippen molar-refractivity contribution in [2.45, 2.75) is 76.6 Å². The first kappa shape index (κ1) is 31.1. The molecule has 1 heterocycles. The Morgan fingerprint density at radius 2 is 1.52 bits per heavy atom. The van der Waals surface area contributed by atoms with E-state index in [0.717, 1.165) is 4.90 Å². The molecule has 40 heavy (non-hydrogen) atoms. The lowest BCUT2D eigenvalue weighted by Crippen LogP contribution is -2.55. The lowest BCUT2D eigenvalue weighted by Gasteiger charge is -2.44. The molecule has 3 amide bonds. The smallest absolute Gasteiger partial charge is 0.416 e. The van der Waals surface area contributed by atoms with E-state index >= 15 is 0 Å². The molecule has 0 aliphatic carbocycles. The van der Waals surface area contributed by atoms with Crippen LogP contribution < -0.4 is 5.32 Å². The number of urea groups is 1. The fourth-order valence-corrected chi connectivity index (χ4v) is 4.69. The van der Waals surface area contributed by atoms with Crippen LogP contribution in [0.1, 0.15) is 74.9 Å². The summed E-state index contributed by atoms with van der Waals surface area (Å²) in [5.74, 6) is 0. The summed E-state index contributed by atoms with van der Waals surface area (Å²) in [5, 5.41) is 2.83. The maximum absolute atomic E-state index is 13.8. The summed E-state index contributed by atoms with van der Waals surface area (Å²) in [6, 6.07) is 7.25. The van der Waals surface area contributed by atoms with Crippen LogP contribution in [0.3, 0.4) is 0 Å². The number of amides is 3. The Kier molecular flexibility index (Phi) is 9.00. The molecule has 1 unspecified atom stereocenters. The van der Waals surface area contributed by atoms with Gasteiger partial charge < -0.3 is 19.9 Å². The lowest BCUT2D eigenvalue weighted by atomic mass is 9.90. The normalized spacial score (nSPS) is 19.1. The number of hydrogen-bond acceptors (Lipinski definition) is 3. The molecule has 1 saturated heterocycles. The molecule has 2 aromatic carbocycles. The van der Waals surface area contributed by atoms with Crippen molar-refractivity contribution >= 4 is 12.1 Å². The van der Waals surface area contributed by atoms with E-state index in [-0.39, 0.29) is 18.2 Å². The van der Waals surface area contributed by atoms with Crippen molar-refractivity contribution in [3.8, 4) is 0 Å². The number of likely N-dealkylation sites (tertiary alicyclic amines) is 1. The number of nitrogens with one attached hydrogen (secondary N) is 1. The van der Waals surface area contributed by atoms with Gasteiger partial charge in [0.1, 0.15) is 5.60 Å². The molecule has 0 bridgehead atoms. The minimum Gasteiger partial charge on any atom is -0.444 e. The quantitative estimate of drug-likeness (QED) is 0.384. The number of nitrogens with zero attached hydrogens (tertiary/aromatic N) is 2. The van der Waals surface area contributed by atoms with Gasteiger partial charge in [-0.2, -0.15) is 26.3 Å². The number of piperidine rings is 1. The van der Waals surface area contributed by atoms with Crippen LogP contribution in [0.4, 0.5) is 35.9 Å². The van der Waals surface area contributed by atoms with Crippen LogP contribution in [0.2, 0.25) is 0 Å². The topological polar surface area (TPSA) is 61.9 Å². The third kappa shape index (κ3) is 7.60. The van der Waals surface area contributed by atoms with E-state index in [2.05, 4.69) is 5.32 Å². The van der Waals surface area contributed by atoms with Crippen molar-refractivity contribution in [2.24, 2.45) is 0 Å². The summed E-state index contributed by atoms with van der Waals surface area (Å²) >= 11 is 0. The van der Waals surface area contributed by atoms with Crippen LogP contribution in [0.15, 0.2) is 48.5 Å². The van der Waals surface area contributed by atoms with Crippen LogP contribution in [-0.4, -0.2) is 47.2 Å². The molecule has 3 rings (SSSR count). The zero-order valence-electron chi connectivity index (χ0n) is 22.9. The molecule has 1 N–H and O–H groups in total. The van der Waals surface area contributed by atoms with Gasteiger partial charge in [-0.1, -0.05) is 30.3 Å². The number of alkyl halides is 6.